The fourth-order valence-corrected chi connectivity index (χ4v) is 7.52. The number of hydrogen-bond donors (Lipinski definition) is 2. The van der Waals surface area contributed by atoms with Crippen LogP contribution in [0.15, 0.2) is 121 Å². The lowest BCUT2D eigenvalue weighted by atomic mass is 10.0. The van der Waals surface area contributed by atoms with E-state index in [0.29, 0.717) is 12.3 Å². The van der Waals surface area contributed by atoms with Crippen LogP contribution < -0.4 is 25.5 Å². The van der Waals surface area contributed by atoms with Crippen molar-refractivity contribution in [1.82, 2.24) is 34.4 Å². The molecule has 2 aromatic heterocycles. The molecule has 2 saturated heterocycles. The Bertz CT molecular complexity index is 2340. The fourth-order valence-electron chi connectivity index (χ4n) is 7.52. The van der Waals surface area contributed by atoms with Crippen LogP contribution in [0.2, 0.25) is 0 Å². The summed E-state index contributed by atoms with van der Waals surface area (Å²) in [7, 11) is 0. The average molecular weight is 808 g/mol. The number of ether oxygens (including phenoxy) is 3. The minimum absolute atomic E-state index is 0.0228. The summed E-state index contributed by atoms with van der Waals surface area (Å²) in [6.45, 7) is 7.88. The molecular weight excluding hydrogens is 761 g/mol. The molecule has 16 heteroatoms. The third-order valence-corrected chi connectivity index (χ3v) is 11.1. The Morgan fingerprint density at radius 2 is 1.56 bits per heavy atom. The maximum Gasteiger partial charge on any atom is 0.350 e. The predicted molar refractivity (Wildman–Crippen MR) is 217 cm³/mol. The monoisotopic (exact) mass is 807 g/mol. The summed E-state index contributed by atoms with van der Waals surface area (Å²) in [5.41, 5.74) is 3.57. The molecule has 0 amide bonds. The Morgan fingerprint density at radius 1 is 0.881 bits per heavy atom. The van der Waals surface area contributed by atoms with Gasteiger partial charge in [0.05, 0.1) is 24.4 Å². The van der Waals surface area contributed by atoms with E-state index in [9.17, 15) is 18.7 Å². The second-order valence-corrected chi connectivity index (χ2v) is 14.9. The van der Waals surface area contributed by atoms with Crippen molar-refractivity contribution in [2.24, 2.45) is 0 Å². The Balaban J connectivity index is 0.815. The van der Waals surface area contributed by atoms with Gasteiger partial charge in [0.15, 0.2) is 0 Å². The van der Waals surface area contributed by atoms with Crippen molar-refractivity contribution < 1.29 is 28.1 Å². The lowest BCUT2D eigenvalue weighted by Crippen LogP contribution is -2.46. The fraction of sp³-hybridized carbons (Fsp3) is 0.349. The molecule has 308 valence electrons. The van der Waals surface area contributed by atoms with Crippen LogP contribution in [0.3, 0.4) is 0 Å². The van der Waals surface area contributed by atoms with Crippen LogP contribution >= 0.6 is 0 Å². The Hall–Kier alpha value is -5.94. The Morgan fingerprint density at radius 3 is 2.22 bits per heavy atom. The first kappa shape index (κ1) is 39.9. The molecule has 2 aliphatic heterocycles. The highest BCUT2D eigenvalue weighted by atomic mass is 19.1. The van der Waals surface area contributed by atoms with Gasteiger partial charge in [-0.05, 0) is 80.1 Å². The van der Waals surface area contributed by atoms with Gasteiger partial charge in [0.2, 0.25) is 5.79 Å². The molecule has 8 rings (SSSR count). The SMILES string of the molecule is CC(NCC(O)c1ccccc1)C(C)n1ncn(-c2ccc(N3CCN(c4ccc(OCC5COC(Cn6cncn6)(c6ccc(F)cc6F)O5)cc4)CC3)cc2)c1=O. The van der Waals surface area contributed by atoms with Crippen molar-refractivity contribution in [3.05, 3.63) is 149 Å². The summed E-state index contributed by atoms with van der Waals surface area (Å²) in [5.74, 6) is -2.34. The number of hydrogen-bond acceptors (Lipinski definition) is 11. The highest BCUT2D eigenvalue weighted by Gasteiger charge is 2.46. The lowest BCUT2D eigenvalue weighted by Gasteiger charge is -2.37. The van der Waals surface area contributed by atoms with E-state index >= 15 is 0 Å². The standard InChI is InChI=1S/C43H47F2N9O5/c1-30(47-23-41(55)32-6-4-3-5-7-32)31(2)54-42(56)53(29-49-54)36-11-9-34(10-12-36)50-18-20-51(21-19-50)35-13-15-37(16-14-35)57-24-38-25-58-43(59-38,26-52-28-46-27-48-52)39-17-8-33(44)22-40(39)45/h3-17,22,27-31,38,41,47,55H,18-21,23-26H2,1-2H3. The maximum absolute atomic E-state index is 14.9. The quantitative estimate of drug-likeness (QED) is 0.147. The summed E-state index contributed by atoms with van der Waals surface area (Å²) >= 11 is 0. The average Bonchev–Trinajstić information content (AvgIpc) is 4.03. The number of nitrogens with zero attached hydrogens (tertiary/aromatic N) is 8. The normalized spacial score (nSPS) is 19.8. The summed E-state index contributed by atoms with van der Waals surface area (Å²) in [6.07, 6.45) is 3.22. The van der Waals surface area contributed by atoms with E-state index in [4.69, 9.17) is 14.2 Å². The number of piperazine rings is 1. The van der Waals surface area contributed by atoms with Crippen molar-refractivity contribution >= 4 is 11.4 Å². The number of nitrogens with one attached hydrogen (secondary N) is 1. The molecule has 2 N–H and O–H groups in total. The first-order valence-electron chi connectivity index (χ1n) is 19.7. The third kappa shape index (κ3) is 8.90. The predicted octanol–water partition coefficient (Wildman–Crippen LogP) is 4.85. The summed E-state index contributed by atoms with van der Waals surface area (Å²) in [5, 5.41) is 22.4. The molecule has 0 radical (unpaired) electrons. The molecular formula is C43H47F2N9O5. The van der Waals surface area contributed by atoms with Crippen LogP contribution in [0, 0.1) is 11.6 Å². The van der Waals surface area contributed by atoms with E-state index in [1.54, 1.807) is 10.9 Å². The molecule has 6 aromatic rings. The van der Waals surface area contributed by atoms with Crippen LogP contribution in [-0.2, 0) is 21.8 Å². The largest absolute Gasteiger partial charge is 0.491 e. The number of anilines is 2. The van der Waals surface area contributed by atoms with Crippen molar-refractivity contribution in [3.63, 3.8) is 0 Å². The molecule has 2 fully saturated rings. The molecule has 0 spiro atoms. The van der Waals surface area contributed by atoms with E-state index in [0.717, 1.165) is 54.9 Å². The van der Waals surface area contributed by atoms with Gasteiger partial charge in [0.25, 0.3) is 0 Å². The van der Waals surface area contributed by atoms with E-state index in [2.05, 4.69) is 30.3 Å². The van der Waals surface area contributed by atoms with Gasteiger partial charge in [-0.25, -0.2) is 32.5 Å². The topological polar surface area (TPSA) is 137 Å². The van der Waals surface area contributed by atoms with Gasteiger partial charge < -0.3 is 34.4 Å². The second-order valence-electron chi connectivity index (χ2n) is 14.9. The first-order chi connectivity index (χ1) is 28.7. The summed E-state index contributed by atoms with van der Waals surface area (Å²) in [6, 6.07) is 28.3. The Kier molecular flexibility index (Phi) is 11.8. The zero-order valence-corrected chi connectivity index (χ0v) is 32.8. The van der Waals surface area contributed by atoms with Crippen molar-refractivity contribution in [2.75, 3.05) is 55.7 Å². The van der Waals surface area contributed by atoms with E-state index < -0.39 is 29.6 Å². The van der Waals surface area contributed by atoms with Crippen molar-refractivity contribution in [2.45, 2.75) is 50.5 Å². The number of benzene rings is 4. The Labute approximate surface area is 340 Å². The number of halogens is 2. The van der Waals surface area contributed by atoms with E-state index in [1.165, 1.54) is 34.2 Å². The molecule has 5 atom stereocenters. The molecule has 4 heterocycles. The summed E-state index contributed by atoms with van der Waals surface area (Å²) in [4.78, 5) is 22.0. The summed E-state index contributed by atoms with van der Waals surface area (Å²) < 4.78 is 51.5. The van der Waals surface area contributed by atoms with Crippen LogP contribution in [0.25, 0.3) is 5.69 Å². The highest BCUT2D eigenvalue weighted by molar-refractivity contribution is 5.54. The van der Waals surface area contributed by atoms with Gasteiger partial charge in [-0.3, -0.25) is 0 Å². The zero-order chi connectivity index (χ0) is 40.9. The van der Waals surface area contributed by atoms with Crippen molar-refractivity contribution in [1.29, 1.82) is 0 Å². The van der Waals surface area contributed by atoms with Crippen LogP contribution in [0.1, 0.15) is 37.1 Å². The molecule has 0 bridgehead atoms. The van der Waals surface area contributed by atoms with E-state index in [-0.39, 0.29) is 43.1 Å². The lowest BCUT2D eigenvalue weighted by molar-refractivity contribution is -0.192. The zero-order valence-electron chi connectivity index (χ0n) is 32.8. The van der Waals surface area contributed by atoms with Gasteiger partial charge in [0.1, 0.15) is 55.6 Å². The van der Waals surface area contributed by atoms with E-state index in [1.807, 2.05) is 92.7 Å². The van der Waals surface area contributed by atoms with Gasteiger partial charge >= 0.3 is 5.69 Å². The number of aliphatic hydroxyl groups is 1. The van der Waals surface area contributed by atoms with Crippen LogP contribution in [0.5, 0.6) is 5.75 Å². The minimum atomic E-state index is -1.52. The first-order valence-corrected chi connectivity index (χ1v) is 19.7. The molecule has 2 aliphatic rings. The third-order valence-electron chi connectivity index (χ3n) is 11.1. The minimum Gasteiger partial charge on any atom is -0.491 e. The van der Waals surface area contributed by atoms with Crippen molar-refractivity contribution in [3.8, 4) is 11.4 Å². The molecule has 0 aliphatic carbocycles. The van der Waals surface area contributed by atoms with Crippen LogP contribution in [0.4, 0.5) is 20.2 Å². The van der Waals surface area contributed by atoms with Gasteiger partial charge in [0, 0.05) is 61.8 Å². The molecule has 14 nitrogen and oxygen atoms in total. The molecule has 4 aromatic carbocycles. The number of rotatable bonds is 15. The molecule has 0 saturated carbocycles. The smallest absolute Gasteiger partial charge is 0.350 e. The van der Waals surface area contributed by atoms with Gasteiger partial charge in [-0.15, -0.1) is 0 Å². The molecule has 59 heavy (non-hydrogen) atoms. The second kappa shape index (κ2) is 17.5. The highest BCUT2D eigenvalue weighted by Crippen LogP contribution is 2.38. The number of aromatic nitrogens is 6. The van der Waals surface area contributed by atoms with Gasteiger partial charge in [-0.2, -0.15) is 10.2 Å². The van der Waals surface area contributed by atoms with Gasteiger partial charge in [-0.1, -0.05) is 30.3 Å². The number of aliphatic hydroxyl groups excluding tert-OH is 1. The van der Waals surface area contributed by atoms with Crippen LogP contribution in [-0.4, -0.2) is 92.3 Å². The molecule has 5 unspecified atom stereocenters. The maximum atomic E-state index is 14.9.